The smallest absolute Gasteiger partial charge is 0.344 e. The number of furan rings is 1. The van der Waals surface area contributed by atoms with Crippen molar-refractivity contribution in [3.63, 3.8) is 0 Å². The van der Waals surface area contributed by atoms with E-state index >= 15 is 0 Å². The van der Waals surface area contributed by atoms with Gasteiger partial charge in [0.15, 0.2) is 10.7 Å². The highest BCUT2D eigenvalue weighted by atomic mass is 32.2. The summed E-state index contributed by atoms with van der Waals surface area (Å²) in [6.45, 7) is 3.12. The Labute approximate surface area is 139 Å². The van der Waals surface area contributed by atoms with Gasteiger partial charge in [0.1, 0.15) is 22.8 Å². The first-order chi connectivity index (χ1) is 11.5. The summed E-state index contributed by atoms with van der Waals surface area (Å²) in [5.74, 6) is 1.48. The van der Waals surface area contributed by atoms with Gasteiger partial charge in [-0.3, -0.25) is 0 Å². The summed E-state index contributed by atoms with van der Waals surface area (Å²) < 4.78 is 41.1. The van der Waals surface area contributed by atoms with Gasteiger partial charge in [-0.05, 0) is 51.3 Å². The molecular formula is C17H17NO5S. The molecule has 0 radical (unpaired) electrons. The molecule has 126 valence electrons. The SMILES string of the molecule is Cc1noc(C)c1S(=O)(=O)Oc1ccc2oc3c(c2c1)CCCC3. The molecule has 0 unspecified atom stereocenters. The van der Waals surface area contributed by atoms with Crippen LogP contribution in [0.5, 0.6) is 5.75 Å². The Hall–Kier alpha value is -2.28. The molecule has 24 heavy (non-hydrogen) atoms. The predicted molar refractivity (Wildman–Crippen MR) is 86.6 cm³/mol. The van der Waals surface area contributed by atoms with Gasteiger partial charge in [0.05, 0.1) is 0 Å². The zero-order valence-corrected chi connectivity index (χ0v) is 14.3. The molecule has 0 saturated carbocycles. The van der Waals surface area contributed by atoms with Crippen molar-refractivity contribution in [2.75, 3.05) is 0 Å². The summed E-state index contributed by atoms with van der Waals surface area (Å²) in [7, 11) is -3.99. The van der Waals surface area contributed by atoms with Gasteiger partial charge in [-0.25, -0.2) is 0 Å². The Kier molecular flexibility index (Phi) is 3.42. The summed E-state index contributed by atoms with van der Waals surface area (Å²) in [5.41, 5.74) is 2.22. The first-order valence-corrected chi connectivity index (χ1v) is 9.28. The zero-order valence-electron chi connectivity index (χ0n) is 13.5. The molecular weight excluding hydrogens is 330 g/mol. The van der Waals surface area contributed by atoms with E-state index in [4.69, 9.17) is 13.1 Å². The molecule has 0 fully saturated rings. The zero-order chi connectivity index (χ0) is 16.9. The van der Waals surface area contributed by atoms with Gasteiger partial charge in [0.25, 0.3) is 0 Å². The van der Waals surface area contributed by atoms with Crippen LogP contribution in [0.3, 0.4) is 0 Å². The summed E-state index contributed by atoms with van der Waals surface area (Å²) >= 11 is 0. The standard InChI is InChI=1S/C17H17NO5S/c1-10-17(11(2)22-18-10)24(19,20)23-12-7-8-16-14(9-12)13-5-3-4-6-15(13)21-16/h7-9H,3-6H2,1-2H3. The first kappa shape index (κ1) is 15.3. The van der Waals surface area contributed by atoms with Crippen LogP contribution >= 0.6 is 0 Å². The van der Waals surface area contributed by atoms with Gasteiger partial charge in [0, 0.05) is 17.4 Å². The third kappa shape index (κ3) is 2.39. The average molecular weight is 347 g/mol. The third-order valence-electron chi connectivity index (χ3n) is 4.35. The fourth-order valence-corrected chi connectivity index (χ4v) is 4.52. The van der Waals surface area contributed by atoms with Gasteiger partial charge >= 0.3 is 10.1 Å². The number of hydrogen-bond acceptors (Lipinski definition) is 6. The molecule has 6 nitrogen and oxygen atoms in total. The first-order valence-electron chi connectivity index (χ1n) is 7.87. The van der Waals surface area contributed by atoms with Crippen LogP contribution in [0.2, 0.25) is 0 Å². The molecule has 4 rings (SSSR count). The highest BCUT2D eigenvalue weighted by Crippen LogP contribution is 2.34. The summed E-state index contributed by atoms with van der Waals surface area (Å²) in [6.07, 6.45) is 4.11. The molecule has 0 N–H and O–H groups in total. The Bertz CT molecular complexity index is 1010. The molecule has 0 amide bonds. The quantitative estimate of drug-likeness (QED) is 0.672. The molecule has 0 atom stereocenters. The lowest BCUT2D eigenvalue weighted by atomic mass is 9.96. The maximum Gasteiger partial charge on any atom is 0.344 e. The molecule has 3 aromatic rings. The number of hydrogen-bond donors (Lipinski definition) is 0. The number of aromatic nitrogens is 1. The number of nitrogens with zero attached hydrogens (tertiary/aromatic N) is 1. The van der Waals surface area contributed by atoms with Crippen LogP contribution in [-0.2, 0) is 23.0 Å². The Morgan fingerprint density at radius 3 is 2.71 bits per heavy atom. The van der Waals surface area contributed by atoms with Crippen molar-refractivity contribution in [2.24, 2.45) is 0 Å². The van der Waals surface area contributed by atoms with Crippen LogP contribution in [0.15, 0.2) is 32.0 Å². The van der Waals surface area contributed by atoms with E-state index in [-0.39, 0.29) is 22.1 Å². The lowest BCUT2D eigenvalue weighted by Gasteiger charge is -2.09. The van der Waals surface area contributed by atoms with Crippen molar-refractivity contribution in [1.29, 1.82) is 0 Å². The molecule has 0 aliphatic heterocycles. The van der Waals surface area contributed by atoms with Crippen LogP contribution < -0.4 is 4.18 Å². The summed E-state index contributed by atoms with van der Waals surface area (Å²) in [5, 5.41) is 4.60. The van der Waals surface area contributed by atoms with Gasteiger partial charge in [-0.15, -0.1) is 0 Å². The Morgan fingerprint density at radius 2 is 1.96 bits per heavy atom. The second kappa shape index (κ2) is 5.37. The number of rotatable bonds is 3. The van der Waals surface area contributed by atoms with E-state index < -0.39 is 10.1 Å². The summed E-state index contributed by atoms with van der Waals surface area (Å²) in [4.78, 5) is -0.0168. The van der Waals surface area contributed by atoms with Crippen LogP contribution in [0, 0.1) is 13.8 Å². The van der Waals surface area contributed by atoms with Crippen molar-refractivity contribution in [3.8, 4) is 5.75 Å². The highest BCUT2D eigenvalue weighted by molar-refractivity contribution is 7.87. The maximum absolute atomic E-state index is 12.5. The second-order valence-electron chi connectivity index (χ2n) is 6.06. The van der Waals surface area contributed by atoms with Crippen LogP contribution in [-0.4, -0.2) is 13.6 Å². The minimum absolute atomic E-state index is 0.0168. The molecule has 0 bridgehead atoms. The van der Waals surface area contributed by atoms with Crippen molar-refractivity contribution in [2.45, 2.75) is 44.4 Å². The largest absolute Gasteiger partial charge is 0.461 e. The molecule has 0 saturated heterocycles. The van der Waals surface area contributed by atoms with E-state index in [0.29, 0.717) is 0 Å². The van der Waals surface area contributed by atoms with Crippen LogP contribution in [0.25, 0.3) is 11.0 Å². The molecule has 2 aromatic heterocycles. The van der Waals surface area contributed by atoms with Crippen LogP contribution in [0.1, 0.15) is 35.6 Å². The molecule has 2 heterocycles. The van der Waals surface area contributed by atoms with Crippen molar-refractivity contribution >= 4 is 21.1 Å². The monoisotopic (exact) mass is 347 g/mol. The topological polar surface area (TPSA) is 82.5 Å². The summed E-state index contributed by atoms with van der Waals surface area (Å²) in [6, 6.07) is 5.09. The van der Waals surface area contributed by atoms with Gasteiger partial charge in [-0.1, -0.05) is 5.16 Å². The van der Waals surface area contributed by atoms with Crippen LogP contribution in [0.4, 0.5) is 0 Å². The molecule has 1 aromatic carbocycles. The van der Waals surface area contributed by atoms with E-state index in [1.165, 1.54) is 0 Å². The minimum atomic E-state index is -3.99. The van der Waals surface area contributed by atoms with E-state index in [2.05, 4.69) is 5.16 Å². The third-order valence-corrected chi connectivity index (χ3v) is 5.85. The second-order valence-corrected chi connectivity index (χ2v) is 7.54. The average Bonchev–Trinajstić information content (AvgIpc) is 3.07. The molecule has 7 heteroatoms. The van der Waals surface area contributed by atoms with Crippen molar-refractivity contribution < 1.29 is 21.5 Å². The van der Waals surface area contributed by atoms with Crippen molar-refractivity contribution in [3.05, 3.63) is 41.0 Å². The van der Waals surface area contributed by atoms with E-state index in [9.17, 15) is 8.42 Å². The molecule has 1 aliphatic carbocycles. The highest BCUT2D eigenvalue weighted by Gasteiger charge is 2.27. The lowest BCUT2D eigenvalue weighted by Crippen LogP contribution is -2.11. The van der Waals surface area contributed by atoms with Gasteiger partial charge in [-0.2, -0.15) is 8.42 Å². The fourth-order valence-electron chi connectivity index (χ4n) is 3.29. The van der Waals surface area contributed by atoms with Crippen molar-refractivity contribution in [1.82, 2.24) is 5.16 Å². The predicted octanol–water partition coefficient (Wildman–Crippen LogP) is 3.68. The van der Waals surface area contributed by atoms with E-state index in [0.717, 1.165) is 48.0 Å². The number of aryl methyl sites for hydroxylation is 4. The molecule has 1 aliphatic rings. The number of fused-ring (bicyclic) bond motifs is 3. The van der Waals surface area contributed by atoms with Gasteiger partial charge in [0.2, 0.25) is 0 Å². The Morgan fingerprint density at radius 1 is 1.17 bits per heavy atom. The molecule has 0 spiro atoms. The maximum atomic E-state index is 12.5. The minimum Gasteiger partial charge on any atom is -0.461 e. The fraction of sp³-hybridized carbons (Fsp3) is 0.353. The normalized spacial score (nSPS) is 14.8. The van der Waals surface area contributed by atoms with Gasteiger partial charge < -0.3 is 13.1 Å². The Balaban J connectivity index is 1.75. The van der Waals surface area contributed by atoms with E-state index in [1.54, 1.807) is 32.0 Å². The van der Waals surface area contributed by atoms with E-state index in [1.807, 2.05) is 0 Å². The lowest BCUT2D eigenvalue weighted by molar-refractivity contribution is 0.390. The number of benzene rings is 1.